The van der Waals surface area contributed by atoms with Gasteiger partial charge in [0.15, 0.2) is 0 Å². The van der Waals surface area contributed by atoms with Crippen LogP contribution >= 0.6 is 0 Å². The Morgan fingerprint density at radius 3 is 2.73 bits per heavy atom. The predicted octanol–water partition coefficient (Wildman–Crippen LogP) is 1.75. The summed E-state index contributed by atoms with van der Waals surface area (Å²) < 4.78 is 13.6. The van der Waals surface area contributed by atoms with Gasteiger partial charge in [-0.2, -0.15) is 0 Å². The third-order valence-electron chi connectivity index (χ3n) is 3.18. The molecule has 1 heterocycles. The number of carbonyl (C=O) groups is 1. The molecule has 0 spiro atoms. The van der Waals surface area contributed by atoms with Gasteiger partial charge in [0.1, 0.15) is 11.6 Å². The Labute approximate surface area is 128 Å². The summed E-state index contributed by atoms with van der Waals surface area (Å²) in [6.45, 7) is -0.0818. The van der Waals surface area contributed by atoms with Gasteiger partial charge < -0.3 is 15.3 Å². The fourth-order valence-electron chi connectivity index (χ4n) is 2.07. The van der Waals surface area contributed by atoms with E-state index in [1.54, 1.807) is 49.5 Å². The minimum Gasteiger partial charge on any atom is -0.386 e. The number of anilines is 1. The number of amides is 1. The number of aliphatic hydroxyl groups excluding tert-OH is 1. The molecule has 1 aromatic carbocycles. The molecule has 5 nitrogen and oxygen atoms in total. The van der Waals surface area contributed by atoms with Crippen molar-refractivity contribution in [3.63, 3.8) is 0 Å². The van der Waals surface area contributed by atoms with E-state index in [1.165, 1.54) is 12.1 Å². The number of hydrogen-bond donors (Lipinski definition) is 2. The van der Waals surface area contributed by atoms with Gasteiger partial charge >= 0.3 is 0 Å². The first-order valence-electron chi connectivity index (χ1n) is 6.83. The van der Waals surface area contributed by atoms with Gasteiger partial charge in [0.05, 0.1) is 11.7 Å². The maximum Gasteiger partial charge on any atom is 0.255 e. The quantitative estimate of drug-likeness (QED) is 0.883. The van der Waals surface area contributed by atoms with E-state index in [2.05, 4.69) is 10.3 Å². The average Bonchev–Trinajstić information content (AvgIpc) is 2.52. The number of pyridine rings is 1. The molecule has 0 bridgehead atoms. The lowest BCUT2D eigenvalue weighted by Gasteiger charge is -2.17. The topological polar surface area (TPSA) is 65.5 Å². The van der Waals surface area contributed by atoms with Crippen molar-refractivity contribution < 1.29 is 14.3 Å². The van der Waals surface area contributed by atoms with Gasteiger partial charge in [-0.15, -0.1) is 0 Å². The monoisotopic (exact) mass is 303 g/mol. The number of hydrogen-bond acceptors (Lipinski definition) is 4. The fraction of sp³-hybridized carbons (Fsp3) is 0.250. The van der Waals surface area contributed by atoms with Crippen LogP contribution in [0, 0.1) is 5.82 Å². The number of nitrogens with one attached hydrogen (secondary N) is 1. The number of nitrogens with zero attached hydrogens (tertiary/aromatic N) is 2. The minimum absolute atomic E-state index is 0.0818. The van der Waals surface area contributed by atoms with Crippen LogP contribution in [0.4, 0.5) is 10.2 Å². The SMILES string of the molecule is CN(C)c1ncccc1C(=O)NCC(O)c1ccccc1F. The van der Waals surface area contributed by atoms with Crippen molar-refractivity contribution >= 4 is 11.7 Å². The van der Waals surface area contributed by atoms with Crippen LogP contribution < -0.4 is 10.2 Å². The van der Waals surface area contributed by atoms with Gasteiger partial charge in [-0.1, -0.05) is 18.2 Å². The Bertz CT molecular complexity index is 661. The standard InChI is InChI=1S/C16H18FN3O2/c1-20(2)15-12(7-5-9-18-15)16(22)19-10-14(21)11-6-3-4-8-13(11)17/h3-9,14,21H,10H2,1-2H3,(H,19,22). The first-order valence-corrected chi connectivity index (χ1v) is 6.83. The molecule has 116 valence electrons. The molecule has 1 aromatic heterocycles. The summed E-state index contributed by atoms with van der Waals surface area (Å²) in [7, 11) is 3.57. The Balaban J connectivity index is 2.06. The van der Waals surface area contributed by atoms with E-state index in [0.29, 0.717) is 11.4 Å². The Morgan fingerprint density at radius 2 is 2.05 bits per heavy atom. The molecule has 0 saturated carbocycles. The number of halogens is 1. The summed E-state index contributed by atoms with van der Waals surface area (Å²) in [6, 6.07) is 9.24. The molecule has 0 aliphatic rings. The lowest BCUT2D eigenvalue weighted by Crippen LogP contribution is -2.30. The molecule has 2 rings (SSSR count). The van der Waals surface area contributed by atoms with Crippen LogP contribution in [0.15, 0.2) is 42.6 Å². The molecule has 6 heteroatoms. The zero-order valence-corrected chi connectivity index (χ0v) is 12.5. The van der Waals surface area contributed by atoms with Crippen molar-refractivity contribution in [1.82, 2.24) is 10.3 Å². The second-order valence-corrected chi connectivity index (χ2v) is 5.02. The third-order valence-corrected chi connectivity index (χ3v) is 3.18. The Kier molecular flexibility index (Phi) is 5.06. The van der Waals surface area contributed by atoms with E-state index in [4.69, 9.17) is 0 Å². The van der Waals surface area contributed by atoms with E-state index >= 15 is 0 Å². The molecular weight excluding hydrogens is 285 g/mol. The largest absolute Gasteiger partial charge is 0.386 e. The Hall–Kier alpha value is -2.47. The molecule has 2 N–H and O–H groups in total. The first-order chi connectivity index (χ1) is 10.5. The lowest BCUT2D eigenvalue weighted by atomic mass is 10.1. The molecule has 0 saturated heterocycles. The van der Waals surface area contributed by atoms with Crippen molar-refractivity contribution in [3.05, 3.63) is 59.5 Å². The van der Waals surface area contributed by atoms with Crippen molar-refractivity contribution in [2.45, 2.75) is 6.10 Å². The normalized spacial score (nSPS) is 11.8. The number of rotatable bonds is 5. The summed E-state index contributed by atoms with van der Waals surface area (Å²) in [6.07, 6.45) is 0.491. The van der Waals surface area contributed by atoms with Crippen molar-refractivity contribution in [3.8, 4) is 0 Å². The summed E-state index contributed by atoms with van der Waals surface area (Å²) in [5.74, 6) is -0.341. The summed E-state index contributed by atoms with van der Waals surface area (Å²) in [4.78, 5) is 18.1. The summed E-state index contributed by atoms with van der Waals surface area (Å²) >= 11 is 0. The summed E-state index contributed by atoms with van der Waals surface area (Å²) in [5, 5.41) is 12.6. The van der Waals surface area contributed by atoms with Crippen LogP contribution in [0.1, 0.15) is 22.0 Å². The molecule has 0 fully saturated rings. The van der Waals surface area contributed by atoms with Crippen LogP contribution in [0.3, 0.4) is 0 Å². The molecule has 2 aromatic rings. The molecular formula is C16H18FN3O2. The third kappa shape index (κ3) is 3.59. The first kappa shape index (κ1) is 15.9. The Morgan fingerprint density at radius 1 is 1.32 bits per heavy atom. The molecule has 1 amide bonds. The van der Waals surface area contributed by atoms with Crippen molar-refractivity contribution in [1.29, 1.82) is 0 Å². The maximum absolute atomic E-state index is 13.6. The van der Waals surface area contributed by atoms with Gasteiger partial charge in [0.25, 0.3) is 5.91 Å². The van der Waals surface area contributed by atoms with Crippen LogP contribution in [0.2, 0.25) is 0 Å². The molecule has 0 radical (unpaired) electrons. The smallest absolute Gasteiger partial charge is 0.255 e. The average molecular weight is 303 g/mol. The van der Waals surface area contributed by atoms with Gasteiger partial charge in [0.2, 0.25) is 0 Å². The number of carbonyl (C=O) groups excluding carboxylic acids is 1. The van der Waals surface area contributed by atoms with E-state index in [1.807, 2.05) is 0 Å². The highest BCUT2D eigenvalue weighted by atomic mass is 19.1. The molecule has 1 unspecified atom stereocenters. The lowest BCUT2D eigenvalue weighted by molar-refractivity contribution is 0.0914. The van der Waals surface area contributed by atoms with Crippen LogP contribution in [-0.2, 0) is 0 Å². The van der Waals surface area contributed by atoms with Crippen molar-refractivity contribution in [2.75, 3.05) is 25.5 Å². The zero-order chi connectivity index (χ0) is 16.1. The van der Waals surface area contributed by atoms with E-state index in [-0.39, 0.29) is 18.0 Å². The second kappa shape index (κ2) is 7.00. The van der Waals surface area contributed by atoms with Crippen LogP contribution in [0.25, 0.3) is 0 Å². The van der Waals surface area contributed by atoms with Gasteiger partial charge in [-0.25, -0.2) is 9.37 Å². The highest BCUT2D eigenvalue weighted by Gasteiger charge is 2.17. The fourth-order valence-corrected chi connectivity index (χ4v) is 2.07. The minimum atomic E-state index is -1.11. The zero-order valence-electron chi connectivity index (χ0n) is 12.5. The van der Waals surface area contributed by atoms with Gasteiger partial charge in [0, 0.05) is 32.4 Å². The van der Waals surface area contributed by atoms with Gasteiger partial charge in [-0.3, -0.25) is 4.79 Å². The molecule has 22 heavy (non-hydrogen) atoms. The second-order valence-electron chi connectivity index (χ2n) is 5.02. The van der Waals surface area contributed by atoms with Gasteiger partial charge in [-0.05, 0) is 18.2 Å². The van der Waals surface area contributed by atoms with Crippen LogP contribution in [-0.4, -0.2) is 36.6 Å². The van der Waals surface area contributed by atoms with E-state index in [9.17, 15) is 14.3 Å². The molecule has 1 atom stereocenters. The molecule has 0 aliphatic carbocycles. The molecule has 0 aliphatic heterocycles. The van der Waals surface area contributed by atoms with Crippen molar-refractivity contribution in [2.24, 2.45) is 0 Å². The highest BCUT2D eigenvalue weighted by Crippen LogP contribution is 2.17. The number of benzene rings is 1. The van der Waals surface area contributed by atoms with Crippen LogP contribution in [0.5, 0.6) is 0 Å². The van der Waals surface area contributed by atoms with E-state index in [0.717, 1.165) is 0 Å². The summed E-state index contributed by atoms with van der Waals surface area (Å²) in [5.41, 5.74) is 0.551. The predicted molar refractivity (Wildman–Crippen MR) is 82.3 cm³/mol. The van der Waals surface area contributed by atoms with E-state index < -0.39 is 11.9 Å². The number of aliphatic hydroxyl groups is 1. The highest BCUT2D eigenvalue weighted by molar-refractivity contribution is 5.98. The number of aromatic nitrogens is 1. The maximum atomic E-state index is 13.6.